The van der Waals surface area contributed by atoms with Crippen molar-refractivity contribution in [1.29, 1.82) is 0 Å². The van der Waals surface area contributed by atoms with Crippen LogP contribution in [-0.2, 0) is 6.54 Å². The number of rotatable bonds is 6. The Morgan fingerprint density at radius 2 is 0.848 bits per heavy atom. The maximum atomic E-state index is 6.48. The average Bonchev–Trinajstić information content (AvgIpc) is 3.65. The molecule has 0 saturated heterocycles. The van der Waals surface area contributed by atoms with E-state index in [1.165, 1.54) is 48.1 Å². The molecule has 0 bridgehead atoms. The average molecular weight is 606 g/mol. The zero-order valence-corrected chi connectivity index (χ0v) is 26.3. The van der Waals surface area contributed by atoms with Crippen molar-refractivity contribution in [3.05, 3.63) is 181 Å². The number of para-hydroxylation sites is 2. The van der Waals surface area contributed by atoms with Crippen LogP contribution in [0.25, 0.3) is 43.7 Å². The summed E-state index contributed by atoms with van der Waals surface area (Å²) in [5.41, 5.74) is 5.61. The van der Waals surface area contributed by atoms with Crippen LogP contribution < -0.4 is 20.7 Å². The number of hydrogen-bond acceptors (Lipinski definition) is 1. The van der Waals surface area contributed by atoms with E-state index < -0.39 is 8.07 Å². The Balaban J connectivity index is 1.26. The molecule has 3 heteroatoms. The molecule has 0 amide bonds. The van der Waals surface area contributed by atoms with Gasteiger partial charge in [0.15, 0.2) is 8.07 Å². The van der Waals surface area contributed by atoms with Crippen LogP contribution >= 0.6 is 0 Å². The molecular weight excluding hydrogens is 575 g/mol. The van der Waals surface area contributed by atoms with Crippen LogP contribution in [0.2, 0.25) is 0 Å². The Kier molecular flexibility index (Phi) is 6.25. The molecule has 0 spiro atoms. The molecule has 0 radical (unpaired) electrons. The number of furan rings is 1. The maximum Gasteiger partial charge on any atom is 0.179 e. The van der Waals surface area contributed by atoms with Gasteiger partial charge in [-0.25, -0.2) is 0 Å². The van der Waals surface area contributed by atoms with E-state index in [-0.39, 0.29) is 0 Å². The van der Waals surface area contributed by atoms with E-state index in [2.05, 4.69) is 180 Å². The van der Waals surface area contributed by atoms with Crippen molar-refractivity contribution >= 4 is 72.6 Å². The lowest BCUT2D eigenvalue weighted by Gasteiger charge is -2.34. The van der Waals surface area contributed by atoms with E-state index in [0.29, 0.717) is 0 Å². The molecule has 0 atom stereocenters. The molecule has 2 nitrogen and oxygen atoms in total. The van der Waals surface area contributed by atoms with Crippen molar-refractivity contribution in [2.24, 2.45) is 0 Å². The lowest BCUT2D eigenvalue weighted by molar-refractivity contribution is 0.668. The summed E-state index contributed by atoms with van der Waals surface area (Å²) in [5, 5.41) is 10.4. The summed E-state index contributed by atoms with van der Waals surface area (Å²) < 4.78 is 8.92. The molecule has 0 unspecified atom stereocenters. The van der Waals surface area contributed by atoms with Crippen LogP contribution in [0.4, 0.5) is 0 Å². The van der Waals surface area contributed by atoms with Crippen molar-refractivity contribution < 1.29 is 4.42 Å². The van der Waals surface area contributed by atoms with Crippen molar-refractivity contribution in [3.8, 4) is 0 Å². The van der Waals surface area contributed by atoms with Gasteiger partial charge in [0.2, 0.25) is 0 Å². The zero-order chi connectivity index (χ0) is 30.5. The second-order valence-corrected chi connectivity index (χ2v) is 15.9. The third-order valence-electron chi connectivity index (χ3n) is 9.61. The van der Waals surface area contributed by atoms with E-state index in [4.69, 9.17) is 4.42 Å². The summed E-state index contributed by atoms with van der Waals surface area (Å²) in [7, 11) is -2.65. The van der Waals surface area contributed by atoms with Crippen LogP contribution in [0.5, 0.6) is 0 Å². The van der Waals surface area contributed by atoms with E-state index in [0.717, 1.165) is 28.5 Å². The minimum atomic E-state index is -2.65. The molecule has 46 heavy (non-hydrogen) atoms. The molecule has 9 aromatic rings. The molecule has 2 heterocycles. The molecule has 0 aliphatic heterocycles. The van der Waals surface area contributed by atoms with Gasteiger partial charge < -0.3 is 8.98 Å². The van der Waals surface area contributed by atoms with Crippen molar-refractivity contribution in [1.82, 2.24) is 4.57 Å². The van der Waals surface area contributed by atoms with E-state index >= 15 is 0 Å². The van der Waals surface area contributed by atoms with Crippen LogP contribution in [-0.4, -0.2) is 12.6 Å². The third kappa shape index (κ3) is 4.09. The number of fused-ring (bicyclic) bond motifs is 6. The van der Waals surface area contributed by atoms with Gasteiger partial charge in [-0.05, 0) is 56.6 Å². The zero-order valence-electron chi connectivity index (χ0n) is 25.3. The standard InChI is InChI=1S/C43H31NOSi/c1-4-14-32(15-5-1)46(33-16-6-2-7-17-33,34-18-8-3-9-19-34)35-25-27-43-39(29-35)38-28-31(24-26-42(38)45-43)30-44-40-22-12-10-20-36(40)37-21-11-13-23-41(37)44/h1-29H,30H2. The Labute approximate surface area is 268 Å². The number of benzene rings is 7. The number of hydrogen-bond donors (Lipinski definition) is 0. The normalized spacial score (nSPS) is 12.0. The molecule has 9 rings (SSSR count). The van der Waals surface area contributed by atoms with Crippen molar-refractivity contribution in [3.63, 3.8) is 0 Å². The van der Waals surface area contributed by atoms with Gasteiger partial charge in [-0.3, -0.25) is 0 Å². The third-order valence-corrected chi connectivity index (χ3v) is 14.4. The topological polar surface area (TPSA) is 18.1 Å². The Hall–Kier alpha value is -5.64. The Morgan fingerprint density at radius 3 is 1.39 bits per heavy atom. The first-order chi connectivity index (χ1) is 22.8. The van der Waals surface area contributed by atoms with Gasteiger partial charge in [-0.2, -0.15) is 0 Å². The number of aromatic nitrogens is 1. The molecule has 0 fully saturated rings. The van der Waals surface area contributed by atoms with Crippen LogP contribution in [0.3, 0.4) is 0 Å². The van der Waals surface area contributed by atoms with Crippen LogP contribution in [0.15, 0.2) is 180 Å². The molecule has 2 aromatic heterocycles. The van der Waals surface area contributed by atoms with E-state index in [1.54, 1.807) is 0 Å². The largest absolute Gasteiger partial charge is 0.456 e. The van der Waals surface area contributed by atoms with Crippen LogP contribution in [0.1, 0.15) is 5.56 Å². The van der Waals surface area contributed by atoms with Gasteiger partial charge in [0.05, 0.1) is 0 Å². The summed E-state index contributed by atoms with van der Waals surface area (Å²) in [6.45, 7) is 0.785. The maximum absolute atomic E-state index is 6.48. The highest BCUT2D eigenvalue weighted by Crippen LogP contribution is 2.32. The van der Waals surface area contributed by atoms with Gasteiger partial charge in [-0.1, -0.05) is 146 Å². The second kappa shape index (κ2) is 10.8. The summed E-state index contributed by atoms with van der Waals surface area (Å²) >= 11 is 0. The lowest BCUT2D eigenvalue weighted by atomic mass is 10.1. The Morgan fingerprint density at radius 1 is 0.391 bits per heavy atom. The predicted octanol–water partition coefficient (Wildman–Crippen LogP) is 8.12. The second-order valence-electron chi connectivity index (χ2n) is 12.1. The van der Waals surface area contributed by atoms with Crippen LogP contribution in [0, 0.1) is 0 Å². The quantitative estimate of drug-likeness (QED) is 0.138. The molecule has 218 valence electrons. The van der Waals surface area contributed by atoms with Gasteiger partial charge >= 0.3 is 0 Å². The molecule has 0 aliphatic carbocycles. The van der Waals surface area contributed by atoms with Gasteiger partial charge in [0.1, 0.15) is 11.2 Å². The van der Waals surface area contributed by atoms with Crippen molar-refractivity contribution in [2.45, 2.75) is 6.54 Å². The molecule has 0 saturated carbocycles. The lowest BCUT2D eigenvalue weighted by Crippen LogP contribution is -2.74. The fourth-order valence-electron chi connectivity index (χ4n) is 7.58. The first-order valence-electron chi connectivity index (χ1n) is 15.9. The summed E-state index contributed by atoms with van der Waals surface area (Å²) in [6, 6.07) is 64.3. The first kappa shape index (κ1) is 26.7. The summed E-state index contributed by atoms with van der Waals surface area (Å²) in [4.78, 5) is 0. The number of nitrogens with zero attached hydrogens (tertiary/aromatic N) is 1. The van der Waals surface area contributed by atoms with Gasteiger partial charge in [0, 0.05) is 39.1 Å². The van der Waals surface area contributed by atoms with Gasteiger partial charge in [0.25, 0.3) is 0 Å². The summed E-state index contributed by atoms with van der Waals surface area (Å²) in [6.07, 6.45) is 0. The highest BCUT2D eigenvalue weighted by molar-refractivity contribution is 7.20. The highest BCUT2D eigenvalue weighted by Gasteiger charge is 2.41. The molecule has 0 N–H and O–H groups in total. The predicted molar refractivity (Wildman–Crippen MR) is 196 cm³/mol. The molecule has 7 aromatic carbocycles. The van der Waals surface area contributed by atoms with Crippen molar-refractivity contribution in [2.75, 3.05) is 0 Å². The molecule has 0 aliphatic rings. The minimum absolute atomic E-state index is 0.785. The molecular formula is C43H31NOSi. The SMILES string of the molecule is c1ccc([Si](c2ccccc2)(c2ccccc2)c2ccc3oc4ccc(Cn5c6ccccc6c6ccccc65)cc4c3c2)cc1. The monoisotopic (exact) mass is 605 g/mol. The summed E-state index contributed by atoms with van der Waals surface area (Å²) in [5.74, 6) is 0. The fraction of sp³-hybridized carbons (Fsp3) is 0.0233. The highest BCUT2D eigenvalue weighted by atomic mass is 28.3. The Bertz CT molecular complexity index is 2340. The van der Waals surface area contributed by atoms with Gasteiger partial charge in [-0.15, -0.1) is 0 Å². The van der Waals surface area contributed by atoms with E-state index in [1.807, 2.05) is 0 Å². The fourth-order valence-corrected chi connectivity index (χ4v) is 12.3. The smallest absolute Gasteiger partial charge is 0.179 e. The first-order valence-corrected chi connectivity index (χ1v) is 17.9. The van der Waals surface area contributed by atoms with E-state index in [9.17, 15) is 0 Å². The minimum Gasteiger partial charge on any atom is -0.456 e.